The van der Waals surface area contributed by atoms with E-state index in [0.717, 1.165) is 24.8 Å². The van der Waals surface area contributed by atoms with Crippen LogP contribution in [0.4, 0.5) is 10.1 Å². The van der Waals surface area contributed by atoms with Crippen molar-refractivity contribution in [3.63, 3.8) is 0 Å². The highest BCUT2D eigenvalue weighted by Crippen LogP contribution is 2.25. The molecule has 92 valence electrons. The Bertz CT molecular complexity index is 420. The first-order valence-electron chi connectivity index (χ1n) is 6.01. The molecule has 3 nitrogen and oxygen atoms in total. The van der Waals surface area contributed by atoms with Gasteiger partial charge in [0.15, 0.2) is 0 Å². The summed E-state index contributed by atoms with van der Waals surface area (Å²) in [5.74, 6) is -0.253. The van der Waals surface area contributed by atoms with E-state index in [0.29, 0.717) is 25.2 Å². The Morgan fingerprint density at radius 1 is 1.29 bits per heavy atom. The highest BCUT2D eigenvalue weighted by molar-refractivity contribution is 5.94. The molecule has 0 aliphatic carbocycles. The van der Waals surface area contributed by atoms with Gasteiger partial charge in [-0.1, -0.05) is 12.5 Å². The number of halogens is 1. The van der Waals surface area contributed by atoms with Crippen molar-refractivity contribution in [1.29, 1.82) is 0 Å². The topological polar surface area (TPSA) is 46.3 Å². The second-order valence-corrected chi connectivity index (χ2v) is 4.33. The summed E-state index contributed by atoms with van der Waals surface area (Å²) in [6.45, 7) is 0.981. The second kappa shape index (κ2) is 5.27. The molecule has 0 radical (unpaired) electrons. The molecule has 0 spiro atoms. The van der Waals surface area contributed by atoms with E-state index in [-0.39, 0.29) is 11.7 Å². The zero-order valence-corrected chi connectivity index (χ0v) is 9.79. The van der Waals surface area contributed by atoms with E-state index in [1.165, 1.54) is 12.1 Å². The third-order valence-electron chi connectivity index (χ3n) is 3.13. The number of hydrogen-bond acceptors (Lipinski definition) is 2. The van der Waals surface area contributed by atoms with Crippen LogP contribution in [0.25, 0.3) is 0 Å². The monoisotopic (exact) mass is 236 g/mol. The number of amides is 1. The molecule has 0 unspecified atom stereocenters. The summed E-state index contributed by atoms with van der Waals surface area (Å²) in [4.78, 5) is 13.6. The van der Waals surface area contributed by atoms with E-state index in [1.54, 1.807) is 11.0 Å². The van der Waals surface area contributed by atoms with Crippen molar-refractivity contribution in [3.05, 3.63) is 29.6 Å². The normalized spacial score (nSPS) is 17.1. The number of rotatable bonds is 2. The first kappa shape index (κ1) is 12.0. The number of anilines is 1. The fourth-order valence-electron chi connectivity index (χ4n) is 2.20. The smallest absolute Gasteiger partial charge is 0.226 e. The van der Waals surface area contributed by atoms with Gasteiger partial charge in [-0.2, -0.15) is 0 Å². The minimum atomic E-state index is -0.325. The van der Waals surface area contributed by atoms with E-state index in [1.807, 2.05) is 0 Å². The molecule has 1 aliphatic heterocycles. The largest absolute Gasteiger partial charge is 0.326 e. The second-order valence-electron chi connectivity index (χ2n) is 4.33. The van der Waals surface area contributed by atoms with Crippen LogP contribution in [0.2, 0.25) is 0 Å². The van der Waals surface area contributed by atoms with Crippen LogP contribution in [0.15, 0.2) is 18.2 Å². The fraction of sp³-hybridized carbons (Fsp3) is 0.462. The number of carbonyl (C=O) groups excluding carboxylic acids is 1. The average Bonchev–Trinajstić information content (AvgIpc) is 2.54. The predicted molar refractivity (Wildman–Crippen MR) is 65.1 cm³/mol. The molecule has 1 saturated heterocycles. The molecule has 1 amide bonds. The Morgan fingerprint density at radius 3 is 2.88 bits per heavy atom. The predicted octanol–water partition coefficient (Wildman–Crippen LogP) is 2.19. The Morgan fingerprint density at radius 2 is 2.12 bits per heavy atom. The van der Waals surface area contributed by atoms with Gasteiger partial charge in [0.2, 0.25) is 5.91 Å². The Labute approximate surface area is 100 Å². The highest BCUT2D eigenvalue weighted by Gasteiger charge is 2.20. The molecule has 2 N–H and O–H groups in total. The zero-order valence-electron chi connectivity index (χ0n) is 9.79. The van der Waals surface area contributed by atoms with Crippen molar-refractivity contribution in [2.24, 2.45) is 5.73 Å². The number of carbonyl (C=O) groups is 1. The lowest BCUT2D eigenvalue weighted by atomic mass is 10.1. The van der Waals surface area contributed by atoms with Crippen molar-refractivity contribution in [1.82, 2.24) is 0 Å². The standard InChI is InChI=1S/C13H17FN2O/c14-11-6-5-10(9-15)12(8-11)16-7-3-1-2-4-13(16)17/h5-6,8H,1-4,7,9,15H2. The molecule has 17 heavy (non-hydrogen) atoms. The molecule has 1 heterocycles. The maximum absolute atomic E-state index is 13.3. The van der Waals surface area contributed by atoms with Gasteiger partial charge in [-0.3, -0.25) is 4.79 Å². The van der Waals surface area contributed by atoms with Gasteiger partial charge in [0.25, 0.3) is 0 Å². The van der Waals surface area contributed by atoms with Crippen LogP contribution in [-0.2, 0) is 11.3 Å². The van der Waals surface area contributed by atoms with Crippen molar-refractivity contribution in [2.75, 3.05) is 11.4 Å². The molecule has 0 aromatic heterocycles. The van der Waals surface area contributed by atoms with Gasteiger partial charge in [0, 0.05) is 19.5 Å². The highest BCUT2D eigenvalue weighted by atomic mass is 19.1. The van der Waals surface area contributed by atoms with Gasteiger partial charge in [-0.05, 0) is 30.5 Å². The molecule has 0 atom stereocenters. The molecular formula is C13H17FN2O. The third kappa shape index (κ3) is 2.64. The molecule has 2 rings (SSSR count). The van der Waals surface area contributed by atoms with Crippen molar-refractivity contribution < 1.29 is 9.18 Å². The quantitative estimate of drug-likeness (QED) is 0.855. The summed E-state index contributed by atoms with van der Waals surface area (Å²) in [6, 6.07) is 4.45. The van der Waals surface area contributed by atoms with E-state index < -0.39 is 0 Å². The minimum absolute atomic E-state index is 0.0720. The first-order chi connectivity index (χ1) is 8.22. The van der Waals surface area contributed by atoms with E-state index in [9.17, 15) is 9.18 Å². The molecule has 4 heteroatoms. The van der Waals surface area contributed by atoms with Crippen LogP contribution >= 0.6 is 0 Å². The number of benzene rings is 1. The number of hydrogen-bond donors (Lipinski definition) is 1. The van der Waals surface area contributed by atoms with Crippen LogP contribution in [0.1, 0.15) is 31.2 Å². The summed E-state index contributed by atoms with van der Waals surface area (Å²) in [6.07, 6.45) is 3.48. The molecule has 1 fully saturated rings. The molecule has 1 aromatic carbocycles. The van der Waals surface area contributed by atoms with Gasteiger partial charge in [0.05, 0.1) is 5.69 Å². The van der Waals surface area contributed by atoms with Crippen molar-refractivity contribution in [2.45, 2.75) is 32.2 Å². The maximum Gasteiger partial charge on any atom is 0.226 e. The lowest BCUT2D eigenvalue weighted by Crippen LogP contribution is -2.31. The first-order valence-corrected chi connectivity index (χ1v) is 6.01. The van der Waals surface area contributed by atoms with Crippen molar-refractivity contribution >= 4 is 11.6 Å². The lowest BCUT2D eigenvalue weighted by molar-refractivity contribution is -0.118. The molecule has 1 aliphatic rings. The van der Waals surface area contributed by atoms with Crippen LogP contribution in [-0.4, -0.2) is 12.5 Å². The van der Waals surface area contributed by atoms with Crippen LogP contribution in [0.5, 0.6) is 0 Å². The van der Waals surface area contributed by atoms with E-state index >= 15 is 0 Å². The third-order valence-corrected chi connectivity index (χ3v) is 3.13. The summed E-state index contributed by atoms with van der Waals surface area (Å²) >= 11 is 0. The summed E-state index contributed by atoms with van der Waals surface area (Å²) in [5, 5.41) is 0. The van der Waals surface area contributed by atoms with Crippen LogP contribution in [0.3, 0.4) is 0 Å². The zero-order chi connectivity index (χ0) is 12.3. The average molecular weight is 236 g/mol. The summed E-state index contributed by atoms with van der Waals surface area (Å²) < 4.78 is 13.3. The SMILES string of the molecule is NCc1ccc(F)cc1N1CCCCCC1=O. The van der Waals surface area contributed by atoms with Gasteiger partial charge < -0.3 is 10.6 Å². The van der Waals surface area contributed by atoms with Crippen molar-refractivity contribution in [3.8, 4) is 0 Å². The molecule has 0 saturated carbocycles. The fourth-order valence-corrected chi connectivity index (χ4v) is 2.20. The number of nitrogens with two attached hydrogens (primary N) is 1. The minimum Gasteiger partial charge on any atom is -0.326 e. The van der Waals surface area contributed by atoms with Gasteiger partial charge in [0.1, 0.15) is 5.82 Å². The molecule has 0 bridgehead atoms. The van der Waals surface area contributed by atoms with E-state index in [4.69, 9.17) is 5.73 Å². The Hall–Kier alpha value is -1.42. The number of nitrogens with zero attached hydrogens (tertiary/aromatic N) is 1. The summed E-state index contributed by atoms with van der Waals surface area (Å²) in [5.41, 5.74) is 7.09. The van der Waals surface area contributed by atoms with Gasteiger partial charge >= 0.3 is 0 Å². The van der Waals surface area contributed by atoms with Crippen LogP contribution in [0, 0.1) is 5.82 Å². The maximum atomic E-state index is 13.3. The van der Waals surface area contributed by atoms with Gasteiger partial charge in [-0.25, -0.2) is 4.39 Å². The lowest BCUT2D eigenvalue weighted by Gasteiger charge is -2.23. The molecule has 1 aromatic rings. The van der Waals surface area contributed by atoms with Crippen LogP contribution < -0.4 is 10.6 Å². The Balaban J connectivity index is 2.36. The Kier molecular flexibility index (Phi) is 3.74. The van der Waals surface area contributed by atoms with E-state index in [2.05, 4.69) is 0 Å². The van der Waals surface area contributed by atoms with Gasteiger partial charge in [-0.15, -0.1) is 0 Å². The summed E-state index contributed by atoms with van der Waals surface area (Å²) in [7, 11) is 0. The molecular weight excluding hydrogens is 219 g/mol.